The number of benzene rings is 1. The maximum absolute atomic E-state index is 5.35. The minimum absolute atomic E-state index is 0.148. The minimum Gasteiger partial charge on any atom is -0.380 e. The Morgan fingerprint density at radius 2 is 2.05 bits per heavy atom. The molecule has 3 rings (SSSR count). The molecule has 2 aromatic heterocycles. The van der Waals surface area contributed by atoms with Gasteiger partial charge in [0, 0.05) is 43.9 Å². The van der Waals surface area contributed by atoms with E-state index in [1.807, 2.05) is 36.5 Å². The van der Waals surface area contributed by atoms with Gasteiger partial charge in [0.15, 0.2) is 0 Å². The number of imidazole rings is 1. The van der Waals surface area contributed by atoms with E-state index < -0.39 is 0 Å². The Morgan fingerprint density at radius 1 is 1.23 bits per heavy atom. The van der Waals surface area contributed by atoms with Crippen LogP contribution in [0.25, 0.3) is 22.5 Å². The largest absolute Gasteiger partial charge is 0.380 e. The van der Waals surface area contributed by atoms with Crippen molar-refractivity contribution in [2.24, 2.45) is 7.05 Å². The van der Waals surface area contributed by atoms with Gasteiger partial charge >= 0.3 is 0 Å². The van der Waals surface area contributed by atoms with Crippen molar-refractivity contribution in [3.8, 4) is 22.5 Å². The second-order valence-corrected chi connectivity index (χ2v) is 5.43. The molecule has 5 heteroatoms. The highest BCUT2D eigenvalue weighted by Crippen LogP contribution is 2.25. The van der Waals surface area contributed by atoms with Crippen LogP contribution in [0.15, 0.2) is 49.1 Å². The monoisotopic (exact) mass is 296 g/mol. The maximum atomic E-state index is 5.35. The van der Waals surface area contributed by atoms with Crippen LogP contribution >= 0.6 is 0 Å². The van der Waals surface area contributed by atoms with Gasteiger partial charge in [-0.3, -0.25) is 4.68 Å². The third kappa shape index (κ3) is 2.94. The second kappa shape index (κ2) is 6.15. The highest BCUT2D eigenvalue weighted by Gasteiger charge is 2.10. The van der Waals surface area contributed by atoms with E-state index in [0.717, 1.165) is 29.1 Å². The van der Waals surface area contributed by atoms with Gasteiger partial charge in [0.1, 0.15) is 5.82 Å². The van der Waals surface area contributed by atoms with Crippen molar-refractivity contribution in [1.29, 1.82) is 0 Å². The normalized spacial score (nSPS) is 12.5. The summed E-state index contributed by atoms with van der Waals surface area (Å²) in [5, 5.41) is 4.23. The fraction of sp³-hybridized carbons (Fsp3) is 0.294. The Labute approximate surface area is 130 Å². The summed E-state index contributed by atoms with van der Waals surface area (Å²) in [4.78, 5) is 4.50. The number of aryl methyl sites for hydroxylation is 1. The third-order valence-corrected chi connectivity index (χ3v) is 3.73. The lowest BCUT2D eigenvalue weighted by Crippen LogP contribution is -2.14. The Balaban J connectivity index is 1.94. The van der Waals surface area contributed by atoms with Crippen molar-refractivity contribution < 1.29 is 4.74 Å². The quantitative estimate of drug-likeness (QED) is 0.727. The van der Waals surface area contributed by atoms with Crippen LogP contribution in [0, 0.1) is 0 Å². The molecule has 0 N–H and O–H groups in total. The van der Waals surface area contributed by atoms with Crippen molar-refractivity contribution in [1.82, 2.24) is 19.3 Å². The van der Waals surface area contributed by atoms with Crippen molar-refractivity contribution >= 4 is 0 Å². The zero-order chi connectivity index (χ0) is 15.5. The first-order valence-electron chi connectivity index (χ1n) is 7.31. The number of rotatable bonds is 5. The molecule has 5 nitrogen and oxygen atoms in total. The zero-order valence-corrected chi connectivity index (χ0v) is 13.1. The molecule has 0 amide bonds. The average molecular weight is 296 g/mol. The van der Waals surface area contributed by atoms with Gasteiger partial charge in [0.25, 0.3) is 0 Å². The molecule has 2 heterocycles. The summed E-state index contributed by atoms with van der Waals surface area (Å²) >= 11 is 0. The van der Waals surface area contributed by atoms with Crippen LogP contribution in [0.1, 0.15) is 6.92 Å². The molecule has 0 saturated heterocycles. The molecule has 3 aromatic rings. The van der Waals surface area contributed by atoms with Gasteiger partial charge in [-0.15, -0.1) is 0 Å². The van der Waals surface area contributed by atoms with Crippen molar-refractivity contribution in [3.05, 3.63) is 49.1 Å². The lowest BCUT2D eigenvalue weighted by Gasteiger charge is -2.13. The van der Waals surface area contributed by atoms with E-state index in [2.05, 4.69) is 45.8 Å². The topological polar surface area (TPSA) is 44.9 Å². The number of aromatic nitrogens is 4. The summed E-state index contributed by atoms with van der Waals surface area (Å²) in [6.07, 6.45) is 7.85. The van der Waals surface area contributed by atoms with E-state index in [0.29, 0.717) is 0 Å². The molecule has 1 unspecified atom stereocenters. The van der Waals surface area contributed by atoms with E-state index in [-0.39, 0.29) is 6.10 Å². The fourth-order valence-corrected chi connectivity index (χ4v) is 2.48. The first-order chi connectivity index (χ1) is 10.7. The number of ether oxygens (including phenoxy) is 1. The SMILES string of the molecule is COC(C)Cn1ccnc1-c1cccc(-c2cnn(C)c2)c1. The maximum Gasteiger partial charge on any atom is 0.139 e. The number of hydrogen-bond donors (Lipinski definition) is 0. The molecule has 22 heavy (non-hydrogen) atoms. The lowest BCUT2D eigenvalue weighted by atomic mass is 10.1. The van der Waals surface area contributed by atoms with Crippen LogP contribution in [0.3, 0.4) is 0 Å². The van der Waals surface area contributed by atoms with Crippen LogP contribution in [0.2, 0.25) is 0 Å². The van der Waals surface area contributed by atoms with Gasteiger partial charge in [-0.25, -0.2) is 4.98 Å². The summed E-state index contributed by atoms with van der Waals surface area (Å²) in [5.74, 6) is 0.953. The summed E-state index contributed by atoms with van der Waals surface area (Å²) in [5.41, 5.74) is 3.34. The van der Waals surface area contributed by atoms with E-state index in [1.165, 1.54) is 0 Å². The van der Waals surface area contributed by atoms with Crippen LogP contribution in [0.4, 0.5) is 0 Å². The molecular weight excluding hydrogens is 276 g/mol. The molecule has 0 aliphatic rings. The Morgan fingerprint density at radius 3 is 2.77 bits per heavy atom. The summed E-state index contributed by atoms with van der Waals surface area (Å²) in [7, 11) is 3.65. The van der Waals surface area contributed by atoms with E-state index in [9.17, 15) is 0 Å². The molecule has 0 saturated carbocycles. The molecule has 1 atom stereocenters. The highest BCUT2D eigenvalue weighted by molar-refractivity contribution is 5.69. The third-order valence-electron chi connectivity index (χ3n) is 3.73. The van der Waals surface area contributed by atoms with E-state index >= 15 is 0 Å². The fourth-order valence-electron chi connectivity index (χ4n) is 2.48. The average Bonchev–Trinajstić information content (AvgIpc) is 3.16. The molecule has 0 fully saturated rings. The van der Waals surface area contributed by atoms with Gasteiger partial charge in [-0.2, -0.15) is 5.10 Å². The summed E-state index contributed by atoms with van der Waals surface area (Å²) in [6, 6.07) is 8.37. The zero-order valence-electron chi connectivity index (χ0n) is 13.1. The second-order valence-electron chi connectivity index (χ2n) is 5.43. The molecule has 114 valence electrons. The van der Waals surface area contributed by atoms with Crippen molar-refractivity contribution in [2.45, 2.75) is 19.6 Å². The molecule has 0 spiro atoms. The van der Waals surface area contributed by atoms with Crippen LogP contribution < -0.4 is 0 Å². The molecule has 0 aliphatic heterocycles. The molecule has 1 aromatic carbocycles. The smallest absolute Gasteiger partial charge is 0.139 e. The first-order valence-corrected chi connectivity index (χ1v) is 7.31. The van der Waals surface area contributed by atoms with E-state index in [4.69, 9.17) is 4.74 Å². The number of methoxy groups -OCH3 is 1. The van der Waals surface area contributed by atoms with Gasteiger partial charge < -0.3 is 9.30 Å². The standard InChI is InChI=1S/C17H20N4O/c1-13(22-3)11-21-8-7-18-17(21)15-6-4-5-14(9-15)16-10-19-20(2)12-16/h4-10,12-13H,11H2,1-3H3. The van der Waals surface area contributed by atoms with Crippen LogP contribution in [-0.2, 0) is 18.3 Å². The molecule has 0 bridgehead atoms. The van der Waals surface area contributed by atoms with Gasteiger partial charge in [0.05, 0.1) is 18.8 Å². The van der Waals surface area contributed by atoms with Gasteiger partial charge in [-0.05, 0) is 18.6 Å². The Hall–Kier alpha value is -2.40. The molecule has 0 radical (unpaired) electrons. The number of nitrogens with zero attached hydrogens (tertiary/aromatic N) is 4. The summed E-state index contributed by atoms with van der Waals surface area (Å²) in [6.45, 7) is 2.83. The predicted octanol–water partition coefficient (Wildman–Crippen LogP) is 2.99. The van der Waals surface area contributed by atoms with Crippen molar-refractivity contribution in [2.75, 3.05) is 7.11 Å². The first kappa shape index (κ1) is 14.5. The Kier molecular flexibility index (Phi) is 4.06. The van der Waals surface area contributed by atoms with Gasteiger partial charge in [-0.1, -0.05) is 18.2 Å². The molecular formula is C17H20N4O. The van der Waals surface area contributed by atoms with Crippen LogP contribution in [0.5, 0.6) is 0 Å². The predicted molar refractivity (Wildman–Crippen MR) is 86.3 cm³/mol. The number of hydrogen-bond acceptors (Lipinski definition) is 3. The molecule has 0 aliphatic carbocycles. The van der Waals surface area contributed by atoms with Crippen molar-refractivity contribution in [3.63, 3.8) is 0 Å². The van der Waals surface area contributed by atoms with E-state index in [1.54, 1.807) is 7.11 Å². The van der Waals surface area contributed by atoms with Gasteiger partial charge in [0.2, 0.25) is 0 Å². The Bertz CT molecular complexity index is 759. The lowest BCUT2D eigenvalue weighted by molar-refractivity contribution is 0.103. The highest BCUT2D eigenvalue weighted by atomic mass is 16.5. The van der Waals surface area contributed by atoms with Crippen LogP contribution in [-0.4, -0.2) is 32.5 Å². The summed E-state index contributed by atoms with van der Waals surface area (Å²) < 4.78 is 9.28. The minimum atomic E-state index is 0.148.